The predicted octanol–water partition coefficient (Wildman–Crippen LogP) is 3.81. The minimum absolute atomic E-state index is 0.148. The summed E-state index contributed by atoms with van der Waals surface area (Å²) in [6, 6.07) is 13.7. The van der Waals surface area contributed by atoms with Crippen LogP contribution in [0.3, 0.4) is 0 Å². The molecule has 0 spiro atoms. The molecule has 5 rings (SSSR count). The SMILES string of the molecule is CC(C)c1ccc2c(c1)-n1c3ncccc3c(=O)c3cccc(c31)S2(=O)=O. The lowest BCUT2D eigenvalue weighted by Crippen LogP contribution is -2.21. The van der Waals surface area contributed by atoms with Gasteiger partial charge in [0.1, 0.15) is 5.65 Å². The van der Waals surface area contributed by atoms with E-state index in [-0.39, 0.29) is 21.1 Å². The van der Waals surface area contributed by atoms with Gasteiger partial charge in [-0.1, -0.05) is 26.0 Å². The van der Waals surface area contributed by atoms with Crippen molar-refractivity contribution in [1.29, 1.82) is 0 Å². The maximum absolute atomic E-state index is 13.3. The summed E-state index contributed by atoms with van der Waals surface area (Å²) in [6.45, 7) is 4.12. The van der Waals surface area contributed by atoms with Gasteiger partial charge in [-0.05, 0) is 47.9 Å². The molecule has 27 heavy (non-hydrogen) atoms. The van der Waals surface area contributed by atoms with E-state index in [4.69, 9.17) is 0 Å². The normalized spacial score (nSPS) is 14.6. The number of rotatable bonds is 1. The molecule has 0 unspecified atom stereocenters. The Bertz CT molecular complexity index is 1430. The van der Waals surface area contributed by atoms with Crippen LogP contribution in [0, 0.1) is 0 Å². The minimum atomic E-state index is -3.72. The molecule has 0 N–H and O–H groups in total. The Morgan fingerprint density at radius 2 is 1.74 bits per heavy atom. The molecule has 6 heteroatoms. The Labute approximate surface area is 155 Å². The zero-order chi connectivity index (χ0) is 18.9. The molecule has 3 heterocycles. The number of hydrogen-bond donors (Lipinski definition) is 0. The highest BCUT2D eigenvalue weighted by molar-refractivity contribution is 7.92. The number of para-hydroxylation sites is 1. The van der Waals surface area contributed by atoms with Crippen molar-refractivity contribution in [2.24, 2.45) is 0 Å². The Morgan fingerprint density at radius 3 is 2.52 bits per heavy atom. The highest BCUT2D eigenvalue weighted by Gasteiger charge is 2.32. The number of nitrogens with zero attached hydrogens (tertiary/aromatic N) is 2. The number of sulfone groups is 1. The fourth-order valence-corrected chi connectivity index (χ4v) is 5.43. The van der Waals surface area contributed by atoms with Crippen LogP contribution in [-0.2, 0) is 9.84 Å². The molecule has 0 saturated heterocycles. The molecule has 0 atom stereocenters. The van der Waals surface area contributed by atoms with E-state index in [0.29, 0.717) is 27.6 Å². The molecule has 5 nitrogen and oxygen atoms in total. The molecule has 1 aliphatic heterocycles. The highest BCUT2D eigenvalue weighted by Crippen LogP contribution is 2.39. The summed E-state index contributed by atoms with van der Waals surface area (Å²) in [7, 11) is -3.72. The van der Waals surface area contributed by atoms with E-state index in [1.807, 2.05) is 16.7 Å². The minimum Gasteiger partial charge on any atom is -0.291 e. The average molecular weight is 376 g/mol. The molecular formula is C21H16N2O3S. The van der Waals surface area contributed by atoms with Crippen LogP contribution in [0.1, 0.15) is 25.3 Å². The molecule has 0 fully saturated rings. The number of pyridine rings is 2. The van der Waals surface area contributed by atoms with Crippen molar-refractivity contribution in [2.45, 2.75) is 29.6 Å². The predicted molar refractivity (Wildman–Crippen MR) is 104 cm³/mol. The van der Waals surface area contributed by atoms with Crippen molar-refractivity contribution in [3.8, 4) is 5.69 Å². The van der Waals surface area contributed by atoms with E-state index in [0.717, 1.165) is 5.56 Å². The van der Waals surface area contributed by atoms with Crippen LogP contribution < -0.4 is 5.43 Å². The van der Waals surface area contributed by atoms with Crippen molar-refractivity contribution in [1.82, 2.24) is 9.55 Å². The van der Waals surface area contributed by atoms with Crippen molar-refractivity contribution in [3.63, 3.8) is 0 Å². The van der Waals surface area contributed by atoms with Crippen molar-refractivity contribution in [3.05, 3.63) is 70.5 Å². The van der Waals surface area contributed by atoms with Crippen molar-refractivity contribution in [2.75, 3.05) is 0 Å². The molecule has 4 aromatic rings. The summed E-state index contributed by atoms with van der Waals surface area (Å²) in [5.74, 6) is 0.240. The van der Waals surface area contributed by atoms with Crippen LogP contribution in [0.15, 0.2) is 69.3 Å². The van der Waals surface area contributed by atoms with Gasteiger partial charge in [-0.2, -0.15) is 0 Å². The van der Waals surface area contributed by atoms with Crippen LogP contribution in [0.5, 0.6) is 0 Å². The first-order valence-electron chi connectivity index (χ1n) is 8.73. The Morgan fingerprint density at radius 1 is 0.963 bits per heavy atom. The lowest BCUT2D eigenvalue weighted by atomic mass is 10.0. The van der Waals surface area contributed by atoms with Gasteiger partial charge in [0.15, 0.2) is 5.43 Å². The first-order chi connectivity index (χ1) is 12.9. The Hall–Kier alpha value is -2.99. The third kappa shape index (κ3) is 2.01. The third-order valence-corrected chi connectivity index (χ3v) is 7.01. The smallest absolute Gasteiger partial charge is 0.210 e. The second kappa shape index (κ2) is 5.27. The van der Waals surface area contributed by atoms with E-state index < -0.39 is 9.84 Å². The first-order valence-corrected chi connectivity index (χ1v) is 10.2. The number of aromatic nitrogens is 2. The Balaban J connectivity index is 2.14. The van der Waals surface area contributed by atoms with Crippen LogP contribution in [0.2, 0.25) is 0 Å². The second-order valence-corrected chi connectivity index (χ2v) is 8.96. The van der Waals surface area contributed by atoms with Crippen LogP contribution in [0.4, 0.5) is 0 Å². The van der Waals surface area contributed by atoms with Crippen LogP contribution in [-0.4, -0.2) is 18.0 Å². The fourth-order valence-electron chi connectivity index (χ4n) is 3.80. The maximum atomic E-state index is 13.3. The standard InChI is InChI=1S/C21H16N2O3S/c1-12(2)13-8-9-17-16(11-13)23-19-14(5-3-7-18(19)27(17,25)26)20(24)15-6-4-10-22-21(15)23/h3-12H,1-2H3. The van der Waals surface area contributed by atoms with Crippen molar-refractivity contribution >= 4 is 31.8 Å². The van der Waals surface area contributed by atoms with Gasteiger partial charge >= 0.3 is 0 Å². The lowest BCUT2D eigenvalue weighted by Gasteiger charge is -2.25. The molecule has 0 radical (unpaired) electrons. The fraction of sp³-hybridized carbons (Fsp3) is 0.143. The topological polar surface area (TPSA) is 69.0 Å². The second-order valence-electron chi connectivity index (χ2n) is 7.08. The van der Waals surface area contributed by atoms with Gasteiger partial charge in [-0.25, -0.2) is 13.4 Å². The summed E-state index contributed by atoms with van der Waals surface area (Å²) in [5.41, 5.74) is 2.25. The van der Waals surface area contributed by atoms with Gasteiger partial charge in [-0.15, -0.1) is 0 Å². The van der Waals surface area contributed by atoms with E-state index >= 15 is 0 Å². The average Bonchev–Trinajstić information content (AvgIpc) is 2.67. The maximum Gasteiger partial charge on any atom is 0.210 e. The summed E-state index contributed by atoms with van der Waals surface area (Å²) in [6.07, 6.45) is 1.62. The third-order valence-electron chi connectivity index (χ3n) is 5.18. The molecule has 134 valence electrons. The highest BCUT2D eigenvalue weighted by atomic mass is 32.2. The lowest BCUT2D eigenvalue weighted by molar-refractivity contribution is 0.594. The van der Waals surface area contributed by atoms with Crippen LogP contribution in [0.25, 0.3) is 27.6 Å². The van der Waals surface area contributed by atoms with E-state index in [1.165, 1.54) is 0 Å². The molecule has 0 amide bonds. The number of hydrogen-bond acceptors (Lipinski definition) is 4. The molecule has 2 aromatic heterocycles. The summed E-state index contributed by atoms with van der Waals surface area (Å²) in [5, 5.41) is 0.861. The van der Waals surface area contributed by atoms with Gasteiger partial charge < -0.3 is 0 Å². The van der Waals surface area contributed by atoms with E-state index in [2.05, 4.69) is 18.8 Å². The van der Waals surface area contributed by atoms with Gasteiger partial charge in [0.25, 0.3) is 0 Å². The Kier molecular flexibility index (Phi) is 3.16. The number of benzene rings is 2. The number of fused-ring (bicyclic) bond motifs is 4. The quantitative estimate of drug-likeness (QED) is 0.417. The molecule has 0 aliphatic carbocycles. The summed E-state index contributed by atoms with van der Waals surface area (Å²) < 4.78 is 28.4. The molecule has 2 aromatic carbocycles. The van der Waals surface area contributed by atoms with Gasteiger partial charge in [0, 0.05) is 11.6 Å². The first kappa shape index (κ1) is 16.2. The zero-order valence-electron chi connectivity index (χ0n) is 14.8. The van der Waals surface area contributed by atoms with E-state index in [1.54, 1.807) is 42.6 Å². The summed E-state index contributed by atoms with van der Waals surface area (Å²) in [4.78, 5) is 17.8. The molecular weight excluding hydrogens is 360 g/mol. The van der Waals surface area contributed by atoms with E-state index in [9.17, 15) is 13.2 Å². The monoisotopic (exact) mass is 376 g/mol. The van der Waals surface area contributed by atoms with Crippen LogP contribution >= 0.6 is 0 Å². The zero-order valence-corrected chi connectivity index (χ0v) is 15.6. The van der Waals surface area contributed by atoms with Gasteiger partial charge in [-0.3, -0.25) is 9.36 Å². The largest absolute Gasteiger partial charge is 0.291 e. The summed E-state index contributed by atoms with van der Waals surface area (Å²) >= 11 is 0. The van der Waals surface area contributed by atoms with Crippen molar-refractivity contribution < 1.29 is 8.42 Å². The molecule has 0 bridgehead atoms. The van der Waals surface area contributed by atoms with Gasteiger partial charge in [0.2, 0.25) is 9.84 Å². The molecule has 0 saturated carbocycles. The molecule has 1 aliphatic rings. The van der Waals surface area contributed by atoms with Gasteiger partial charge in [0.05, 0.1) is 26.4 Å².